The second-order valence-electron chi connectivity index (χ2n) is 6.81. The van der Waals surface area contributed by atoms with Crippen LogP contribution in [-0.4, -0.2) is 27.9 Å². The maximum Gasteiger partial charge on any atom is 0.252 e. The first-order chi connectivity index (χ1) is 11.3. The van der Waals surface area contributed by atoms with E-state index in [4.69, 9.17) is 0 Å². The van der Waals surface area contributed by atoms with Crippen molar-refractivity contribution in [1.29, 1.82) is 0 Å². The monoisotopic (exact) mass is 327 g/mol. The van der Waals surface area contributed by atoms with Crippen LogP contribution in [0.3, 0.4) is 0 Å². The van der Waals surface area contributed by atoms with Gasteiger partial charge in [-0.3, -0.25) is 9.59 Å². The van der Waals surface area contributed by atoms with E-state index in [-0.39, 0.29) is 17.1 Å². The predicted molar refractivity (Wildman–Crippen MR) is 89.1 cm³/mol. The van der Waals surface area contributed by atoms with E-state index in [2.05, 4.69) is 5.32 Å². The molecule has 3 N–H and O–H groups in total. The van der Waals surface area contributed by atoms with Gasteiger partial charge >= 0.3 is 0 Å². The highest BCUT2D eigenvalue weighted by Crippen LogP contribution is 2.47. The molecule has 1 aliphatic heterocycles. The van der Waals surface area contributed by atoms with E-state index in [1.54, 1.807) is 38.1 Å². The minimum absolute atomic E-state index is 0.0729. The van der Waals surface area contributed by atoms with E-state index >= 15 is 0 Å². The van der Waals surface area contributed by atoms with Crippen LogP contribution in [-0.2, 0) is 9.59 Å². The van der Waals surface area contributed by atoms with E-state index in [1.807, 2.05) is 13.0 Å². The molecule has 1 heterocycles. The Labute approximate surface area is 140 Å². The number of rotatable bonds is 3. The number of carbonyl (C=O) groups excluding carboxylic acids is 2. The lowest BCUT2D eigenvalue weighted by molar-refractivity contribution is -0.125. The fraction of sp³-hybridized carbons (Fsp3) is 0.368. The van der Waals surface area contributed by atoms with Crippen LogP contribution in [0.1, 0.15) is 38.9 Å². The van der Waals surface area contributed by atoms with Crippen LogP contribution < -0.4 is 5.32 Å². The van der Waals surface area contributed by atoms with E-state index in [1.165, 1.54) is 0 Å². The Balaban J connectivity index is 1.99. The summed E-state index contributed by atoms with van der Waals surface area (Å²) < 4.78 is 0. The third-order valence-electron chi connectivity index (χ3n) is 5.17. The number of aliphatic hydroxyl groups excluding tert-OH is 2. The number of Topliss-reactive ketones (excluding diaryl/α,β-unsaturated/α-hetero) is 1. The second-order valence-corrected chi connectivity index (χ2v) is 6.81. The lowest BCUT2D eigenvalue weighted by Gasteiger charge is -2.23. The Bertz CT molecular complexity index is 778. The van der Waals surface area contributed by atoms with E-state index in [0.717, 1.165) is 5.57 Å². The normalized spacial score (nSPS) is 28.6. The molecule has 3 rings (SSSR count). The molecule has 0 radical (unpaired) electrons. The van der Waals surface area contributed by atoms with Gasteiger partial charge in [0.25, 0.3) is 5.91 Å². The summed E-state index contributed by atoms with van der Waals surface area (Å²) in [4.78, 5) is 25.1. The molecule has 24 heavy (non-hydrogen) atoms. The zero-order valence-corrected chi connectivity index (χ0v) is 14.0. The van der Waals surface area contributed by atoms with Crippen molar-refractivity contribution in [3.8, 4) is 0 Å². The van der Waals surface area contributed by atoms with Crippen LogP contribution in [0.25, 0.3) is 0 Å². The summed E-state index contributed by atoms with van der Waals surface area (Å²) in [7, 11) is 0. The molecule has 2 aliphatic rings. The third-order valence-corrected chi connectivity index (χ3v) is 5.17. The van der Waals surface area contributed by atoms with Crippen LogP contribution >= 0.6 is 0 Å². The van der Waals surface area contributed by atoms with Gasteiger partial charge in [-0.15, -0.1) is 0 Å². The van der Waals surface area contributed by atoms with Crippen LogP contribution in [0.4, 0.5) is 0 Å². The first-order valence-corrected chi connectivity index (χ1v) is 7.96. The quantitative estimate of drug-likeness (QED) is 0.795. The zero-order valence-electron chi connectivity index (χ0n) is 14.0. The number of aliphatic hydroxyl groups is 2. The number of hydrogen-bond donors (Lipinski definition) is 3. The second kappa shape index (κ2) is 5.60. The third kappa shape index (κ3) is 2.27. The van der Waals surface area contributed by atoms with Crippen molar-refractivity contribution >= 4 is 11.7 Å². The van der Waals surface area contributed by atoms with Gasteiger partial charge in [0.15, 0.2) is 5.78 Å². The number of carbonyl (C=O) groups is 2. The molecular weight excluding hydrogens is 306 g/mol. The minimum atomic E-state index is -1.08. The molecular formula is C19H21NO4. The number of benzene rings is 1. The molecule has 0 aromatic heterocycles. The molecule has 5 heteroatoms. The van der Waals surface area contributed by atoms with Gasteiger partial charge < -0.3 is 15.5 Å². The van der Waals surface area contributed by atoms with Gasteiger partial charge in [-0.05, 0) is 38.3 Å². The van der Waals surface area contributed by atoms with Crippen LogP contribution in [0, 0.1) is 5.41 Å². The number of ketones is 1. The molecule has 0 saturated carbocycles. The van der Waals surface area contributed by atoms with E-state index in [0.29, 0.717) is 17.6 Å². The molecule has 1 aromatic rings. The lowest BCUT2D eigenvalue weighted by Crippen LogP contribution is -2.36. The van der Waals surface area contributed by atoms with Gasteiger partial charge in [-0.1, -0.05) is 35.9 Å². The van der Waals surface area contributed by atoms with Gasteiger partial charge in [0, 0.05) is 0 Å². The fourth-order valence-electron chi connectivity index (χ4n) is 3.71. The summed E-state index contributed by atoms with van der Waals surface area (Å²) in [5.74, 6) is -0.882. The Morgan fingerprint density at radius 1 is 1.21 bits per heavy atom. The topological polar surface area (TPSA) is 86.6 Å². The van der Waals surface area contributed by atoms with Gasteiger partial charge in [0.1, 0.15) is 17.9 Å². The average molecular weight is 327 g/mol. The first-order valence-electron chi connectivity index (χ1n) is 7.96. The van der Waals surface area contributed by atoms with E-state index < -0.39 is 23.5 Å². The lowest BCUT2D eigenvalue weighted by atomic mass is 9.76. The molecule has 126 valence electrons. The molecule has 3 atom stereocenters. The summed E-state index contributed by atoms with van der Waals surface area (Å²) in [6.07, 6.45) is -0.679. The molecule has 5 nitrogen and oxygen atoms in total. The van der Waals surface area contributed by atoms with Gasteiger partial charge in [0.05, 0.1) is 11.0 Å². The first kappa shape index (κ1) is 16.5. The summed E-state index contributed by atoms with van der Waals surface area (Å²) >= 11 is 0. The smallest absolute Gasteiger partial charge is 0.252 e. The minimum Gasteiger partial charge on any atom is -0.509 e. The molecule has 1 aromatic carbocycles. The van der Waals surface area contributed by atoms with Crippen LogP contribution in [0.2, 0.25) is 0 Å². The summed E-state index contributed by atoms with van der Waals surface area (Å²) in [6.45, 7) is 5.28. The summed E-state index contributed by atoms with van der Waals surface area (Å²) in [5, 5.41) is 23.8. The Morgan fingerprint density at radius 3 is 2.38 bits per heavy atom. The van der Waals surface area contributed by atoms with E-state index in [9.17, 15) is 19.8 Å². The van der Waals surface area contributed by atoms with Crippen molar-refractivity contribution in [3.63, 3.8) is 0 Å². The Kier molecular flexibility index (Phi) is 3.84. The molecule has 0 saturated heterocycles. The van der Waals surface area contributed by atoms with Crippen molar-refractivity contribution in [2.75, 3.05) is 0 Å². The van der Waals surface area contributed by atoms with Gasteiger partial charge in [-0.25, -0.2) is 0 Å². The summed E-state index contributed by atoms with van der Waals surface area (Å²) in [6, 6.07) is 7.87. The van der Waals surface area contributed by atoms with Crippen molar-refractivity contribution in [3.05, 3.63) is 58.4 Å². The molecule has 0 spiro atoms. The van der Waals surface area contributed by atoms with Crippen LogP contribution in [0.15, 0.2) is 52.8 Å². The van der Waals surface area contributed by atoms with Crippen molar-refractivity contribution in [2.24, 2.45) is 5.41 Å². The molecule has 0 unspecified atom stereocenters. The summed E-state index contributed by atoms with van der Waals surface area (Å²) in [5.41, 5.74) is 1.14. The standard InChI is InChI=1S/C19H21NO4/c1-10-9-19(3,17(23)11(10)2)13-16(22)14(20-18(13)24)15(21)12-7-5-4-6-8-12/h4-8,14-15,21-22H,9H2,1-3H3,(H,20,24)/t14-,15-,19-/m1/s1. The number of amides is 1. The molecule has 0 fully saturated rings. The highest BCUT2D eigenvalue weighted by atomic mass is 16.3. The highest BCUT2D eigenvalue weighted by molar-refractivity contribution is 6.12. The SMILES string of the molecule is CC1=C(C)C(=O)[C@@](C)(C2=C(O)[C@@H]([C@H](O)c3ccccc3)NC2=O)C1. The van der Waals surface area contributed by atoms with Gasteiger partial charge in [-0.2, -0.15) is 0 Å². The Morgan fingerprint density at radius 2 is 1.83 bits per heavy atom. The van der Waals surface area contributed by atoms with Gasteiger partial charge in [0.2, 0.25) is 0 Å². The molecule has 1 aliphatic carbocycles. The maximum atomic E-state index is 12.6. The average Bonchev–Trinajstić information content (AvgIpc) is 2.97. The molecule has 0 bridgehead atoms. The largest absolute Gasteiger partial charge is 0.509 e. The van der Waals surface area contributed by atoms with Crippen molar-refractivity contribution in [2.45, 2.75) is 39.3 Å². The highest BCUT2D eigenvalue weighted by Gasteiger charge is 2.51. The van der Waals surface area contributed by atoms with Crippen LogP contribution in [0.5, 0.6) is 0 Å². The van der Waals surface area contributed by atoms with Crippen molar-refractivity contribution < 1.29 is 19.8 Å². The van der Waals surface area contributed by atoms with Crippen molar-refractivity contribution in [1.82, 2.24) is 5.32 Å². The number of allylic oxidation sites excluding steroid dienone is 2. The zero-order chi connectivity index (χ0) is 17.6. The number of hydrogen-bond acceptors (Lipinski definition) is 4. The Hall–Kier alpha value is -2.40. The molecule has 1 amide bonds. The fourth-order valence-corrected chi connectivity index (χ4v) is 3.71. The number of nitrogens with one attached hydrogen (secondary N) is 1. The maximum absolute atomic E-state index is 12.6. The predicted octanol–water partition coefficient (Wildman–Crippen LogP) is 2.35.